The van der Waals surface area contributed by atoms with Crippen LogP contribution in [0.2, 0.25) is 0 Å². The number of thioether (sulfide) groups is 2. The van der Waals surface area contributed by atoms with Crippen molar-refractivity contribution in [3.05, 3.63) is 0 Å². The number of carbonyl (C=O) groups is 4. The normalized spacial score (nSPS) is 15.0. The molecule has 0 aromatic rings. The second kappa shape index (κ2) is 12.6. The molecule has 0 saturated carbocycles. The van der Waals surface area contributed by atoms with Crippen LogP contribution in [0.3, 0.4) is 0 Å². The lowest BCUT2D eigenvalue weighted by atomic mass is 9.93. The Labute approximate surface area is 210 Å². The van der Waals surface area contributed by atoms with E-state index in [2.05, 4.69) is 0 Å². The number of nitrogens with one attached hydrogen (secondary N) is 2. The van der Waals surface area contributed by atoms with Gasteiger partial charge in [0, 0.05) is 0 Å². The predicted octanol–water partition coefficient (Wildman–Crippen LogP) is 2.81. The summed E-state index contributed by atoms with van der Waals surface area (Å²) in [5.41, 5.74) is 0. The Balaban J connectivity index is 6.22. The fourth-order valence-electron chi connectivity index (χ4n) is 2.36. The highest BCUT2D eigenvalue weighted by atomic mass is 32.2. The van der Waals surface area contributed by atoms with Gasteiger partial charge in [0.05, 0.1) is 0 Å². The first-order chi connectivity index (χ1) is 16.6. The summed E-state index contributed by atoms with van der Waals surface area (Å²) in [6.45, 7) is 0. The highest BCUT2D eigenvalue weighted by Crippen LogP contribution is 2.57. The number of halogens is 10. The van der Waals surface area contributed by atoms with Gasteiger partial charge >= 0.3 is 41.6 Å². The van der Waals surface area contributed by atoms with Crippen LogP contribution in [0.25, 0.3) is 0 Å². The minimum atomic E-state index is -7.82. The number of aliphatic carboxylic acids is 2. The molecule has 0 aliphatic rings. The van der Waals surface area contributed by atoms with Crippen LogP contribution in [-0.4, -0.2) is 99.7 Å². The second-order valence-electron chi connectivity index (χ2n) is 7.16. The van der Waals surface area contributed by atoms with Crippen LogP contribution in [0.5, 0.6) is 0 Å². The summed E-state index contributed by atoms with van der Waals surface area (Å²) in [6, 6.07) is -4.76. The largest absolute Gasteiger partial charge is 0.480 e. The van der Waals surface area contributed by atoms with E-state index < -0.39 is 78.3 Å². The lowest BCUT2D eigenvalue weighted by Crippen LogP contribution is -2.72. The molecule has 0 aliphatic heterocycles. The van der Waals surface area contributed by atoms with Crippen LogP contribution in [-0.2, 0) is 19.2 Å². The summed E-state index contributed by atoms with van der Waals surface area (Å²) in [4.78, 5) is 45.0. The zero-order chi connectivity index (χ0) is 29.6. The van der Waals surface area contributed by atoms with Crippen LogP contribution in [0.1, 0.15) is 12.8 Å². The third kappa shape index (κ3) is 7.05. The van der Waals surface area contributed by atoms with Crippen molar-refractivity contribution in [3.63, 3.8) is 0 Å². The molecule has 0 rings (SSSR count). The Morgan fingerprint density at radius 2 is 0.892 bits per heavy atom. The lowest BCUT2D eigenvalue weighted by molar-refractivity contribution is -0.388. The van der Waals surface area contributed by atoms with E-state index in [1.165, 1.54) is 12.5 Å². The quantitative estimate of drug-likeness (QED) is 0.199. The molecule has 20 heteroatoms. The molecule has 0 heterocycles. The third-order valence-corrected chi connectivity index (χ3v) is 5.86. The van der Waals surface area contributed by atoms with E-state index in [0.717, 1.165) is 34.2 Å². The van der Waals surface area contributed by atoms with Crippen molar-refractivity contribution >= 4 is 47.3 Å². The minimum absolute atomic E-state index is 0.191. The Kier molecular flexibility index (Phi) is 11.9. The Morgan fingerprint density at radius 3 is 1.11 bits per heavy atom. The van der Waals surface area contributed by atoms with E-state index in [0.29, 0.717) is 0 Å². The van der Waals surface area contributed by atoms with Gasteiger partial charge in [0.1, 0.15) is 12.1 Å². The number of carbonyl (C=O) groups excluding carboxylic acids is 2. The molecule has 2 amide bonds. The molecular weight excluding hydrogens is 582 g/mol. The van der Waals surface area contributed by atoms with Crippen LogP contribution < -0.4 is 10.6 Å². The summed E-state index contributed by atoms with van der Waals surface area (Å²) in [7, 11) is 0. The van der Waals surface area contributed by atoms with Crippen molar-refractivity contribution in [2.24, 2.45) is 0 Å². The van der Waals surface area contributed by atoms with E-state index in [1.807, 2.05) is 0 Å². The fourth-order valence-corrected chi connectivity index (χ4v) is 3.30. The van der Waals surface area contributed by atoms with E-state index in [4.69, 9.17) is 10.2 Å². The molecule has 0 aromatic carbocycles. The van der Waals surface area contributed by atoms with Crippen molar-refractivity contribution in [2.75, 3.05) is 24.0 Å². The molecule has 0 aliphatic carbocycles. The van der Waals surface area contributed by atoms with Gasteiger partial charge in [-0.15, -0.1) is 0 Å². The molecule has 0 aromatic heterocycles. The predicted molar refractivity (Wildman–Crippen MR) is 110 cm³/mol. The standard InChI is InChI=1S/C17H20F10N2O6S2/c1-36-5-3-7(9(30)31)28-11(34)13(18,19)15(22,23)17(26,27)16(24,25)14(20,21)12(35)29-8(10(32)33)4-6-37-2/h7-8H,3-6H2,1-2H3,(H,28,34)(H,29,35)(H,30,31)(H,32,33)/t7-,8-/m0/s1. The second-order valence-corrected chi connectivity index (χ2v) is 9.13. The molecule has 0 unspecified atom stereocenters. The van der Waals surface area contributed by atoms with Gasteiger partial charge in [-0.1, -0.05) is 0 Å². The van der Waals surface area contributed by atoms with Crippen molar-refractivity contribution in [1.82, 2.24) is 10.6 Å². The number of hydrogen-bond acceptors (Lipinski definition) is 6. The number of hydrogen-bond donors (Lipinski definition) is 4. The van der Waals surface area contributed by atoms with Gasteiger partial charge in [0.25, 0.3) is 11.8 Å². The first kappa shape index (κ1) is 34.9. The van der Waals surface area contributed by atoms with Gasteiger partial charge in [-0.25, -0.2) is 9.59 Å². The number of carboxylic acid groups (broad SMARTS) is 2. The third-order valence-electron chi connectivity index (χ3n) is 4.58. The fraction of sp³-hybridized carbons (Fsp3) is 0.765. The maximum atomic E-state index is 14.0. The van der Waals surface area contributed by atoms with Crippen LogP contribution >= 0.6 is 23.5 Å². The maximum Gasteiger partial charge on any atom is 0.392 e. The molecule has 0 saturated heterocycles. The molecule has 216 valence electrons. The van der Waals surface area contributed by atoms with Crippen LogP contribution in [0.15, 0.2) is 0 Å². The zero-order valence-corrected chi connectivity index (χ0v) is 20.2. The molecule has 0 spiro atoms. The first-order valence-electron chi connectivity index (χ1n) is 9.52. The maximum absolute atomic E-state index is 14.0. The van der Waals surface area contributed by atoms with Gasteiger partial charge < -0.3 is 20.8 Å². The zero-order valence-electron chi connectivity index (χ0n) is 18.6. The molecule has 37 heavy (non-hydrogen) atoms. The Morgan fingerprint density at radius 1 is 0.622 bits per heavy atom. The highest BCUT2D eigenvalue weighted by molar-refractivity contribution is 7.98. The van der Waals surface area contributed by atoms with E-state index in [1.54, 1.807) is 0 Å². The molecule has 0 radical (unpaired) electrons. The van der Waals surface area contributed by atoms with Gasteiger partial charge in [0.15, 0.2) is 0 Å². The van der Waals surface area contributed by atoms with Gasteiger partial charge in [0.2, 0.25) is 0 Å². The Bertz CT molecular complexity index is 796. The van der Waals surface area contributed by atoms with E-state index >= 15 is 0 Å². The lowest BCUT2D eigenvalue weighted by Gasteiger charge is -2.38. The number of rotatable bonds is 16. The summed E-state index contributed by atoms with van der Waals surface area (Å²) < 4.78 is 140. The average molecular weight is 602 g/mol. The highest BCUT2D eigenvalue weighted by Gasteiger charge is 2.89. The molecular formula is C17H20F10N2O6S2. The van der Waals surface area contributed by atoms with Crippen molar-refractivity contribution in [1.29, 1.82) is 0 Å². The summed E-state index contributed by atoms with van der Waals surface area (Å²) in [6.07, 6.45) is 1.31. The van der Waals surface area contributed by atoms with Crippen molar-refractivity contribution < 1.29 is 73.3 Å². The van der Waals surface area contributed by atoms with Crippen molar-refractivity contribution in [2.45, 2.75) is 54.5 Å². The van der Waals surface area contributed by atoms with E-state index in [9.17, 15) is 63.1 Å². The summed E-state index contributed by atoms with van der Waals surface area (Å²) in [5.74, 6) is -48.5. The molecule has 0 fully saturated rings. The Hall–Kier alpha value is -2.12. The van der Waals surface area contributed by atoms with E-state index in [-0.39, 0.29) is 11.5 Å². The number of alkyl halides is 10. The topological polar surface area (TPSA) is 133 Å². The van der Waals surface area contributed by atoms with Crippen LogP contribution in [0, 0.1) is 0 Å². The SMILES string of the molecule is CSCC[C@H](NC(=O)C(F)(F)C(F)(F)C(F)(F)C(F)(F)C(F)(F)C(=O)N[C@@H](CCSC)C(=O)O)C(=O)O. The first-order valence-corrected chi connectivity index (χ1v) is 12.3. The van der Waals surface area contributed by atoms with Gasteiger partial charge in [-0.3, -0.25) is 9.59 Å². The van der Waals surface area contributed by atoms with Crippen LogP contribution in [0.4, 0.5) is 43.9 Å². The van der Waals surface area contributed by atoms with Gasteiger partial charge in [-0.05, 0) is 36.9 Å². The average Bonchev–Trinajstić information content (AvgIpc) is 2.77. The summed E-state index contributed by atoms with van der Waals surface area (Å²) >= 11 is 1.76. The smallest absolute Gasteiger partial charge is 0.392 e. The van der Waals surface area contributed by atoms with Gasteiger partial charge in [-0.2, -0.15) is 67.4 Å². The molecule has 2 atom stereocenters. The monoisotopic (exact) mass is 602 g/mol. The summed E-state index contributed by atoms with van der Waals surface area (Å²) in [5, 5.41) is 19.1. The molecule has 0 bridgehead atoms. The van der Waals surface area contributed by atoms with Crippen molar-refractivity contribution in [3.8, 4) is 0 Å². The number of amides is 2. The molecule has 8 nitrogen and oxygen atoms in total. The molecule has 4 N–H and O–H groups in total. The minimum Gasteiger partial charge on any atom is -0.480 e. The number of carboxylic acids is 2.